The molecule has 5 nitrogen and oxygen atoms in total. The van der Waals surface area contributed by atoms with Crippen molar-refractivity contribution in [1.29, 1.82) is 0 Å². The second kappa shape index (κ2) is 6.91. The summed E-state index contributed by atoms with van der Waals surface area (Å²) >= 11 is 0. The van der Waals surface area contributed by atoms with E-state index in [0.717, 1.165) is 13.0 Å². The topological polar surface area (TPSA) is 49.6 Å². The SMILES string of the molecule is CCC(C)[C@H]1CN(c2ccccc2[N+](=O)[O-])CN1c1ccccc1. The van der Waals surface area contributed by atoms with Crippen LogP contribution in [0.25, 0.3) is 0 Å². The fourth-order valence-electron chi connectivity index (χ4n) is 3.38. The minimum absolute atomic E-state index is 0.176. The van der Waals surface area contributed by atoms with Crippen LogP contribution in [0.1, 0.15) is 20.3 Å². The number of rotatable bonds is 5. The maximum atomic E-state index is 11.4. The number of para-hydroxylation sites is 3. The van der Waals surface area contributed by atoms with Crippen molar-refractivity contribution < 1.29 is 4.92 Å². The molecule has 2 aromatic carbocycles. The molecule has 0 amide bonds. The number of nitro benzene ring substituents is 1. The quantitative estimate of drug-likeness (QED) is 0.608. The number of benzene rings is 2. The summed E-state index contributed by atoms with van der Waals surface area (Å²) < 4.78 is 0. The molecule has 0 bridgehead atoms. The van der Waals surface area contributed by atoms with Gasteiger partial charge in [-0.25, -0.2) is 0 Å². The van der Waals surface area contributed by atoms with Gasteiger partial charge in [-0.05, 0) is 24.1 Å². The van der Waals surface area contributed by atoms with Gasteiger partial charge in [0.15, 0.2) is 0 Å². The van der Waals surface area contributed by atoms with Gasteiger partial charge in [0.25, 0.3) is 5.69 Å². The summed E-state index contributed by atoms with van der Waals surface area (Å²) in [5, 5.41) is 11.4. The molecule has 2 atom stereocenters. The maximum Gasteiger partial charge on any atom is 0.292 e. The van der Waals surface area contributed by atoms with Crippen molar-refractivity contribution in [1.82, 2.24) is 0 Å². The van der Waals surface area contributed by atoms with Gasteiger partial charge in [0.2, 0.25) is 0 Å². The van der Waals surface area contributed by atoms with Gasteiger partial charge in [-0.3, -0.25) is 10.1 Å². The number of nitro groups is 1. The summed E-state index contributed by atoms with van der Waals surface area (Å²) in [6.07, 6.45) is 1.08. The maximum absolute atomic E-state index is 11.4. The first-order valence-electron chi connectivity index (χ1n) is 8.42. The summed E-state index contributed by atoms with van der Waals surface area (Å²) in [6.45, 7) is 5.92. The van der Waals surface area contributed by atoms with Crippen LogP contribution >= 0.6 is 0 Å². The normalized spacial score (nSPS) is 18.7. The van der Waals surface area contributed by atoms with E-state index in [4.69, 9.17) is 0 Å². The Morgan fingerprint density at radius 3 is 2.50 bits per heavy atom. The standard InChI is InChI=1S/C19H23N3O2/c1-3-15(2)19-13-20(14-21(19)16-9-5-4-6-10-16)17-11-7-8-12-18(17)22(23)24/h4-12,15,19H,3,13-14H2,1-2H3/t15?,19-/m1/s1. The van der Waals surface area contributed by atoms with Gasteiger partial charge in [-0.1, -0.05) is 50.6 Å². The average molecular weight is 325 g/mol. The zero-order valence-electron chi connectivity index (χ0n) is 14.1. The van der Waals surface area contributed by atoms with Gasteiger partial charge < -0.3 is 9.80 Å². The third kappa shape index (κ3) is 3.07. The van der Waals surface area contributed by atoms with Crippen LogP contribution in [0.3, 0.4) is 0 Å². The zero-order valence-corrected chi connectivity index (χ0v) is 14.1. The van der Waals surface area contributed by atoms with Gasteiger partial charge in [0.1, 0.15) is 5.69 Å². The number of hydrogen-bond donors (Lipinski definition) is 0. The van der Waals surface area contributed by atoms with E-state index < -0.39 is 0 Å². The molecule has 3 rings (SSSR count). The lowest BCUT2D eigenvalue weighted by molar-refractivity contribution is -0.384. The van der Waals surface area contributed by atoms with Crippen molar-refractivity contribution in [3.05, 3.63) is 64.7 Å². The number of nitrogens with zero attached hydrogens (tertiary/aromatic N) is 3. The molecule has 1 fully saturated rings. The largest absolute Gasteiger partial charge is 0.349 e. The molecular weight excluding hydrogens is 302 g/mol. The third-order valence-corrected chi connectivity index (χ3v) is 4.94. The molecular formula is C19H23N3O2. The predicted octanol–water partition coefficient (Wildman–Crippen LogP) is 4.29. The fraction of sp³-hybridized carbons (Fsp3) is 0.368. The lowest BCUT2D eigenvalue weighted by atomic mass is 9.98. The molecule has 0 N–H and O–H groups in total. The van der Waals surface area contributed by atoms with E-state index in [1.54, 1.807) is 12.1 Å². The molecule has 2 aromatic rings. The van der Waals surface area contributed by atoms with Crippen molar-refractivity contribution in [2.45, 2.75) is 26.3 Å². The van der Waals surface area contributed by atoms with Gasteiger partial charge in [0.05, 0.1) is 17.6 Å². The lowest BCUT2D eigenvalue weighted by Crippen LogP contribution is -2.35. The van der Waals surface area contributed by atoms with Crippen LogP contribution in [-0.4, -0.2) is 24.2 Å². The molecule has 0 aliphatic carbocycles. The van der Waals surface area contributed by atoms with Crippen LogP contribution in [0.5, 0.6) is 0 Å². The Bertz CT molecular complexity index is 705. The third-order valence-electron chi connectivity index (χ3n) is 4.94. The molecule has 0 radical (unpaired) electrons. The molecule has 126 valence electrons. The molecule has 1 unspecified atom stereocenters. The second-order valence-electron chi connectivity index (χ2n) is 6.37. The van der Waals surface area contributed by atoms with Crippen LogP contribution in [-0.2, 0) is 0 Å². The molecule has 0 spiro atoms. The highest BCUT2D eigenvalue weighted by atomic mass is 16.6. The Morgan fingerprint density at radius 2 is 1.83 bits per heavy atom. The van der Waals surface area contributed by atoms with Crippen molar-refractivity contribution in [2.24, 2.45) is 5.92 Å². The van der Waals surface area contributed by atoms with E-state index in [9.17, 15) is 10.1 Å². The Balaban J connectivity index is 1.94. The Morgan fingerprint density at radius 1 is 1.17 bits per heavy atom. The van der Waals surface area contributed by atoms with Crippen LogP contribution in [0.15, 0.2) is 54.6 Å². The molecule has 1 aliphatic rings. The summed E-state index contributed by atoms with van der Waals surface area (Å²) in [5.41, 5.74) is 2.05. The first-order chi connectivity index (χ1) is 11.6. The Kier molecular flexibility index (Phi) is 4.69. The van der Waals surface area contributed by atoms with Crippen LogP contribution in [0, 0.1) is 16.0 Å². The van der Waals surface area contributed by atoms with Gasteiger partial charge in [0, 0.05) is 18.3 Å². The van der Waals surface area contributed by atoms with E-state index in [-0.39, 0.29) is 10.6 Å². The van der Waals surface area contributed by atoms with Crippen molar-refractivity contribution >= 4 is 17.1 Å². The average Bonchev–Trinajstić information content (AvgIpc) is 3.07. The highest BCUT2D eigenvalue weighted by Gasteiger charge is 2.35. The first-order valence-corrected chi connectivity index (χ1v) is 8.42. The van der Waals surface area contributed by atoms with E-state index in [2.05, 4.69) is 35.8 Å². The van der Waals surface area contributed by atoms with Crippen molar-refractivity contribution in [3.63, 3.8) is 0 Å². The van der Waals surface area contributed by atoms with Crippen molar-refractivity contribution in [2.75, 3.05) is 23.0 Å². The van der Waals surface area contributed by atoms with Crippen LogP contribution in [0.4, 0.5) is 17.1 Å². The predicted molar refractivity (Wildman–Crippen MR) is 97.5 cm³/mol. The van der Waals surface area contributed by atoms with Crippen LogP contribution in [0.2, 0.25) is 0 Å². The summed E-state index contributed by atoms with van der Waals surface area (Å²) in [4.78, 5) is 15.6. The highest BCUT2D eigenvalue weighted by molar-refractivity contribution is 5.66. The molecule has 0 saturated carbocycles. The first kappa shape index (κ1) is 16.3. The summed E-state index contributed by atoms with van der Waals surface area (Å²) in [6, 6.07) is 17.7. The van der Waals surface area contributed by atoms with E-state index >= 15 is 0 Å². The van der Waals surface area contributed by atoms with Crippen LogP contribution < -0.4 is 9.80 Å². The molecule has 1 heterocycles. The van der Waals surface area contributed by atoms with Crippen molar-refractivity contribution in [3.8, 4) is 0 Å². The Labute approximate surface area is 142 Å². The molecule has 24 heavy (non-hydrogen) atoms. The minimum Gasteiger partial charge on any atom is -0.349 e. The lowest BCUT2D eigenvalue weighted by Gasteiger charge is -2.29. The molecule has 1 aliphatic heterocycles. The monoisotopic (exact) mass is 325 g/mol. The summed E-state index contributed by atoms with van der Waals surface area (Å²) in [5.74, 6) is 0.512. The Hall–Kier alpha value is -2.56. The van der Waals surface area contributed by atoms with Gasteiger partial charge in [-0.15, -0.1) is 0 Å². The fourth-order valence-corrected chi connectivity index (χ4v) is 3.38. The highest BCUT2D eigenvalue weighted by Crippen LogP contribution is 2.35. The smallest absolute Gasteiger partial charge is 0.292 e. The van der Waals surface area contributed by atoms with E-state index in [1.807, 2.05) is 30.3 Å². The van der Waals surface area contributed by atoms with E-state index in [0.29, 0.717) is 24.3 Å². The molecule has 1 saturated heterocycles. The molecule has 5 heteroatoms. The van der Waals surface area contributed by atoms with E-state index in [1.165, 1.54) is 5.69 Å². The zero-order chi connectivity index (χ0) is 17.1. The molecule has 0 aromatic heterocycles. The summed E-state index contributed by atoms with van der Waals surface area (Å²) in [7, 11) is 0. The van der Waals surface area contributed by atoms with Gasteiger partial charge in [-0.2, -0.15) is 0 Å². The minimum atomic E-state index is -0.293. The second-order valence-corrected chi connectivity index (χ2v) is 6.37. The number of hydrogen-bond acceptors (Lipinski definition) is 4. The van der Waals surface area contributed by atoms with Gasteiger partial charge >= 0.3 is 0 Å². The number of anilines is 2.